The SMILES string of the molecule is CCOC(=O)NCCn1nc([C@H]2CCCN2C2CCC2)c2c3c(c(=O)[nH]c21)CCCC3. The van der Waals surface area contributed by atoms with Gasteiger partial charge >= 0.3 is 6.09 Å². The molecular weight excluding hydrogens is 394 g/mol. The topological polar surface area (TPSA) is 92.2 Å². The van der Waals surface area contributed by atoms with E-state index < -0.39 is 6.09 Å². The molecule has 3 aliphatic rings. The number of alkyl carbamates (subject to hydrolysis) is 1. The van der Waals surface area contributed by atoms with Gasteiger partial charge in [0.1, 0.15) is 5.65 Å². The number of hydrogen-bond donors (Lipinski definition) is 2. The largest absolute Gasteiger partial charge is 0.450 e. The molecule has 168 valence electrons. The number of aromatic amines is 1. The monoisotopic (exact) mass is 427 g/mol. The van der Waals surface area contributed by atoms with Crippen LogP contribution in [0, 0.1) is 0 Å². The zero-order chi connectivity index (χ0) is 21.4. The van der Waals surface area contributed by atoms with E-state index in [1.54, 1.807) is 6.92 Å². The van der Waals surface area contributed by atoms with E-state index in [-0.39, 0.29) is 5.56 Å². The maximum Gasteiger partial charge on any atom is 0.407 e. The van der Waals surface area contributed by atoms with Gasteiger partial charge in [0, 0.05) is 23.5 Å². The van der Waals surface area contributed by atoms with Crippen LogP contribution in [0.15, 0.2) is 4.79 Å². The molecule has 1 saturated heterocycles. The first-order valence-electron chi connectivity index (χ1n) is 12.0. The number of aromatic nitrogens is 3. The zero-order valence-corrected chi connectivity index (χ0v) is 18.4. The number of carbonyl (C=O) groups is 1. The van der Waals surface area contributed by atoms with E-state index in [0.29, 0.717) is 31.8 Å². The van der Waals surface area contributed by atoms with Crippen LogP contribution in [0.3, 0.4) is 0 Å². The van der Waals surface area contributed by atoms with Crippen molar-refractivity contribution in [3.8, 4) is 0 Å². The number of ether oxygens (including phenoxy) is 1. The molecule has 2 aliphatic carbocycles. The Kier molecular flexibility index (Phi) is 5.73. The summed E-state index contributed by atoms with van der Waals surface area (Å²) in [5, 5.41) is 9.01. The maximum absolute atomic E-state index is 12.9. The quantitative estimate of drug-likeness (QED) is 0.739. The Bertz CT molecular complexity index is 1020. The molecular formula is C23H33N5O3. The molecule has 0 aromatic carbocycles. The first kappa shape index (κ1) is 20.5. The van der Waals surface area contributed by atoms with Crippen molar-refractivity contribution in [2.24, 2.45) is 0 Å². The van der Waals surface area contributed by atoms with Gasteiger partial charge in [0.15, 0.2) is 0 Å². The van der Waals surface area contributed by atoms with Gasteiger partial charge in [-0.05, 0) is 70.4 Å². The number of H-pyrrole nitrogens is 1. The lowest BCUT2D eigenvalue weighted by atomic mass is 9.88. The Balaban J connectivity index is 1.54. The molecule has 1 amide bonds. The normalized spacial score (nSPS) is 21.8. The van der Waals surface area contributed by atoms with Gasteiger partial charge in [0.2, 0.25) is 0 Å². The molecule has 0 spiro atoms. The fourth-order valence-corrected chi connectivity index (χ4v) is 5.60. The zero-order valence-electron chi connectivity index (χ0n) is 18.4. The molecule has 2 N–H and O–H groups in total. The van der Waals surface area contributed by atoms with Gasteiger partial charge in [-0.25, -0.2) is 9.48 Å². The number of carbonyl (C=O) groups excluding carboxylic acids is 1. The summed E-state index contributed by atoms with van der Waals surface area (Å²) >= 11 is 0. The number of pyridine rings is 1. The van der Waals surface area contributed by atoms with Gasteiger partial charge in [-0.2, -0.15) is 5.10 Å². The summed E-state index contributed by atoms with van der Waals surface area (Å²) in [6.45, 7) is 4.18. The van der Waals surface area contributed by atoms with Crippen molar-refractivity contribution in [2.45, 2.75) is 83.3 Å². The molecule has 8 nitrogen and oxygen atoms in total. The second-order valence-electron chi connectivity index (χ2n) is 9.08. The van der Waals surface area contributed by atoms with E-state index in [4.69, 9.17) is 9.84 Å². The Morgan fingerprint density at radius 1 is 1.16 bits per heavy atom. The van der Waals surface area contributed by atoms with Gasteiger partial charge in [-0.15, -0.1) is 0 Å². The molecule has 3 heterocycles. The second-order valence-corrected chi connectivity index (χ2v) is 9.08. The molecule has 8 heteroatoms. The standard InChI is InChI=1S/C23H33N5O3/c1-2-31-23(30)24-12-14-28-21-19(16-9-3-4-10-17(16)22(29)25-21)20(26-28)18-11-6-13-27(18)15-7-5-8-15/h15,18H,2-14H2,1H3,(H,24,30)(H,25,29)/t18-/m1/s1. The molecule has 1 atom stereocenters. The average Bonchev–Trinajstić information content (AvgIpc) is 3.32. The number of rotatable bonds is 6. The van der Waals surface area contributed by atoms with Gasteiger partial charge in [-0.1, -0.05) is 6.42 Å². The fraction of sp³-hybridized carbons (Fsp3) is 0.696. The maximum atomic E-state index is 12.9. The van der Waals surface area contributed by atoms with Crippen LogP contribution >= 0.6 is 0 Å². The smallest absolute Gasteiger partial charge is 0.407 e. The van der Waals surface area contributed by atoms with Crippen LogP contribution in [0.1, 0.15) is 74.7 Å². The molecule has 0 unspecified atom stereocenters. The predicted molar refractivity (Wildman–Crippen MR) is 118 cm³/mol. The molecule has 0 radical (unpaired) electrons. The first-order chi connectivity index (χ1) is 15.2. The third-order valence-electron chi connectivity index (χ3n) is 7.28. The van der Waals surface area contributed by atoms with Crippen LogP contribution < -0.4 is 10.9 Å². The van der Waals surface area contributed by atoms with Crippen LogP contribution in [0.2, 0.25) is 0 Å². The number of fused-ring (bicyclic) bond motifs is 3. The molecule has 1 saturated carbocycles. The lowest BCUT2D eigenvalue weighted by molar-refractivity contribution is 0.112. The Morgan fingerprint density at radius 3 is 2.71 bits per heavy atom. The van der Waals surface area contributed by atoms with E-state index in [1.807, 2.05) is 4.68 Å². The van der Waals surface area contributed by atoms with Crippen molar-refractivity contribution in [3.63, 3.8) is 0 Å². The van der Waals surface area contributed by atoms with Gasteiger partial charge in [-0.3, -0.25) is 9.69 Å². The number of aryl methyl sites for hydroxylation is 1. The predicted octanol–water partition coefficient (Wildman–Crippen LogP) is 3.04. The van der Waals surface area contributed by atoms with Crippen LogP contribution in [0.5, 0.6) is 0 Å². The van der Waals surface area contributed by atoms with Crippen molar-refractivity contribution in [2.75, 3.05) is 19.7 Å². The van der Waals surface area contributed by atoms with E-state index in [0.717, 1.165) is 55.6 Å². The first-order valence-corrected chi connectivity index (χ1v) is 12.0. The molecule has 2 aromatic heterocycles. The van der Waals surface area contributed by atoms with Crippen molar-refractivity contribution < 1.29 is 9.53 Å². The summed E-state index contributed by atoms with van der Waals surface area (Å²) in [4.78, 5) is 30.4. The average molecular weight is 428 g/mol. The summed E-state index contributed by atoms with van der Waals surface area (Å²) in [6.07, 6.45) is 9.80. The highest BCUT2D eigenvalue weighted by Crippen LogP contribution is 2.42. The number of likely N-dealkylation sites (tertiary alicyclic amines) is 1. The number of nitrogens with zero attached hydrogens (tertiary/aromatic N) is 3. The summed E-state index contributed by atoms with van der Waals surface area (Å²) in [6, 6.07) is 1.00. The minimum atomic E-state index is -0.419. The minimum absolute atomic E-state index is 0.0236. The number of hydrogen-bond acceptors (Lipinski definition) is 5. The Morgan fingerprint density at radius 2 is 1.97 bits per heavy atom. The molecule has 31 heavy (non-hydrogen) atoms. The molecule has 2 aromatic rings. The van der Waals surface area contributed by atoms with Crippen LogP contribution in [0.25, 0.3) is 11.0 Å². The molecule has 5 rings (SSSR count). The van der Waals surface area contributed by atoms with Crippen LogP contribution in [0.4, 0.5) is 4.79 Å². The van der Waals surface area contributed by atoms with Crippen LogP contribution in [-0.4, -0.2) is 51.5 Å². The Labute approximate surface area is 182 Å². The lowest BCUT2D eigenvalue weighted by Crippen LogP contribution is -2.39. The Hall–Kier alpha value is -2.35. The van der Waals surface area contributed by atoms with E-state index >= 15 is 0 Å². The third kappa shape index (κ3) is 3.75. The summed E-state index contributed by atoms with van der Waals surface area (Å²) in [5.74, 6) is 0. The van der Waals surface area contributed by atoms with Crippen molar-refractivity contribution >= 4 is 17.1 Å². The number of nitrogens with one attached hydrogen (secondary N) is 2. The van der Waals surface area contributed by atoms with Crippen molar-refractivity contribution in [3.05, 3.63) is 27.2 Å². The highest BCUT2D eigenvalue weighted by Gasteiger charge is 2.38. The van der Waals surface area contributed by atoms with Gasteiger partial charge in [0.05, 0.1) is 24.9 Å². The third-order valence-corrected chi connectivity index (χ3v) is 7.28. The van der Waals surface area contributed by atoms with E-state index in [1.165, 1.54) is 36.6 Å². The number of amides is 1. The molecule has 2 fully saturated rings. The van der Waals surface area contributed by atoms with Gasteiger partial charge in [0.25, 0.3) is 5.56 Å². The fourth-order valence-electron chi connectivity index (χ4n) is 5.60. The van der Waals surface area contributed by atoms with Crippen LogP contribution in [-0.2, 0) is 24.1 Å². The molecule has 1 aliphatic heterocycles. The van der Waals surface area contributed by atoms with Crippen molar-refractivity contribution in [1.82, 2.24) is 25.0 Å². The summed E-state index contributed by atoms with van der Waals surface area (Å²) < 4.78 is 6.86. The highest BCUT2D eigenvalue weighted by molar-refractivity contribution is 5.84. The summed E-state index contributed by atoms with van der Waals surface area (Å²) in [7, 11) is 0. The highest BCUT2D eigenvalue weighted by atomic mass is 16.5. The molecule has 0 bridgehead atoms. The van der Waals surface area contributed by atoms with Gasteiger partial charge < -0.3 is 15.0 Å². The van der Waals surface area contributed by atoms with E-state index in [2.05, 4.69) is 15.2 Å². The van der Waals surface area contributed by atoms with E-state index in [9.17, 15) is 9.59 Å². The second kappa shape index (κ2) is 8.65. The van der Waals surface area contributed by atoms with Crippen molar-refractivity contribution in [1.29, 1.82) is 0 Å². The summed E-state index contributed by atoms with van der Waals surface area (Å²) in [5.41, 5.74) is 4.13. The lowest BCUT2D eigenvalue weighted by Gasteiger charge is -2.38. The minimum Gasteiger partial charge on any atom is -0.450 e.